The number of rotatable bonds is 5. The highest BCUT2D eigenvalue weighted by atomic mass is 32.1. The first-order chi connectivity index (χ1) is 7.27. The number of nitrogens with two attached hydrogens (primary N) is 1. The van der Waals surface area contributed by atoms with Gasteiger partial charge in [0.1, 0.15) is 0 Å². The minimum absolute atomic E-state index is 0.00395. The van der Waals surface area contributed by atoms with E-state index >= 15 is 0 Å². The highest BCUT2D eigenvalue weighted by Crippen LogP contribution is 2.38. The van der Waals surface area contributed by atoms with Crippen LogP contribution < -0.4 is 5.73 Å². The summed E-state index contributed by atoms with van der Waals surface area (Å²) in [6.07, 6.45) is 5.64. The van der Waals surface area contributed by atoms with E-state index in [2.05, 4.69) is 16.8 Å². The summed E-state index contributed by atoms with van der Waals surface area (Å²) in [4.78, 5) is 0. The molecule has 0 amide bonds. The van der Waals surface area contributed by atoms with Crippen LogP contribution in [0.3, 0.4) is 0 Å². The molecule has 0 bridgehead atoms. The van der Waals surface area contributed by atoms with Crippen LogP contribution in [0.2, 0.25) is 0 Å². The van der Waals surface area contributed by atoms with E-state index in [-0.39, 0.29) is 11.6 Å². The Morgan fingerprint density at radius 2 is 2.40 bits per heavy atom. The lowest BCUT2D eigenvalue weighted by Crippen LogP contribution is -2.54. The third kappa shape index (κ3) is 2.25. The van der Waals surface area contributed by atoms with E-state index in [1.54, 1.807) is 18.4 Å². The molecule has 1 unspecified atom stereocenters. The van der Waals surface area contributed by atoms with Crippen LogP contribution in [-0.2, 0) is 11.2 Å². The van der Waals surface area contributed by atoms with Gasteiger partial charge in [0.2, 0.25) is 0 Å². The van der Waals surface area contributed by atoms with Gasteiger partial charge in [-0.1, -0.05) is 0 Å². The molecule has 0 aromatic carbocycles. The van der Waals surface area contributed by atoms with Gasteiger partial charge in [0.05, 0.1) is 5.60 Å². The van der Waals surface area contributed by atoms with E-state index in [1.807, 2.05) is 0 Å². The minimum Gasteiger partial charge on any atom is -0.377 e. The van der Waals surface area contributed by atoms with Gasteiger partial charge in [0.15, 0.2) is 0 Å². The second kappa shape index (κ2) is 4.64. The Labute approximate surface area is 95.4 Å². The van der Waals surface area contributed by atoms with Crippen LogP contribution in [0, 0.1) is 0 Å². The van der Waals surface area contributed by atoms with Crippen LogP contribution in [0.4, 0.5) is 0 Å². The number of ether oxygens (including phenoxy) is 1. The normalized spacial score (nSPS) is 20.9. The Morgan fingerprint density at radius 3 is 2.87 bits per heavy atom. The molecule has 1 saturated carbocycles. The van der Waals surface area contributed by atoms with Crippen molar-refractivity contribution in [2.75, 3.05) is 7.11 Å². The third-order valence-corrected chi connectivity index (χ3v) is 4.34. The van der Waals surface area contributed by atoms with Crippen LogP contribution in [0.1, 0.15) is 31.2 Å². The van der Waals surface area contributed by atoms with Crippen LogP contribution in [0.5, 0.6) is 0 Å². The largest absolute Gasteiger partial charge is 0.377 e. The second-order valence-corrected chi connectivity index (χ2v) is 5.18. The molecular weight excluding hydrogens is 206 g/mol. The average molecular weight is 225 g/mol. The fraction of sp³-hybridized carbons (Fsp3) is 0.667. The molecule has 0 saturated heterocycles. The molecule has 1 atom stereocenters. The van der Waals surface area contributed by atoms with Crippen LogP contribution >= 0.6 is 11.3 Å². The zero-order valence-corrected chi connectivity index (χ0v) is 10.1. The predicted octanol–water partition coefficient (Wildman–Crippen LogP) is 2.58. The average Bonchev–Trinajstić information content (AvgIpc) is 2.66. The number of thiophene rings is 1. The molecule has 84 valence electrons. The smallest absolute Gasteiger partial charge is 0.0829 e. The Balaban J connectivity index is 1.84. The molecule has 0 spiro atoms. The van der Waals surface area contributed by atoms with Crippen molar-refractivity contribution in [2.24, 2.45) is 5.73 Å². The Morgan fingerprint density at radius 1 is 1.60 bits per heavy atom. The van der Waals surface area contributed by atoms with Crippen molar-refractivity contribution in [3.63, 3.8) is 0 Å². The van der Waals surface area contributed by atoms with Gasteiger partial charge < -0.3 is 10.5 Å². The summed E-state index contributed by atoms with van der Waals surface area (Å²) in [5.41, 5.74) is 7.62. The molecule has 1 aromatic rings. The van der Waals surface area contributed by atoms with Gasteiger partial charge in [-0.25, -0.2) is 0 Å². The first-order valence-electron chi connectivity index (χ1n) is 5.59. The van der Waals surface area contributed by atoms with E-state index in [1.165, 1.54) is 12.0 Å². The first kappa shape index (κ1) is 11.1. The molecule has 1 heterocycles. The molecule has 15 heavy (non-hydrogen) atoms. The molecule has 1 aliphatic carbocycles. The van der Waals surface area contributed by atoms with Crippen molar-refractivity contribution in [1.82, 2.24) is 0 Å². The fourth-order valence-electron chi connectivity index (χ4n) is 2.27. The monoisotopic (exact) mass is 225 g/mol. The molecule has 0 aliphatic heterocycles. The first-order valence-corrected chi connectivity index (χ1v) is 6.53. The quantitative estimate of drug-likeness (QED) is 0.836. The molecule has 1 aliphatic rings. The summed E-state index contributed by atoms with van der Waals surface area (Å²) in [6, 6.07) is 2.37. The van der Waals surface area contributed by atoms with Crippen molar-refractivity contribution in [2.45, 2.75) is 43.7 Å². The fourth-order valence-corrected chi connectivity index (χ4v) is 2.97. The van der Waals surface area contributed by atoms with Gasteiger partial charge in [-0.2, -0.15) is 11.3 Å². The topological polar surface area (TPSA) is 35.2 Å². The van der Waals surface area contributed by atoms with Crippen LogP contribution in [0.25, 0.3) is 0 Å². The van der Waals surface area contributed by atoms with E-state index in [0.29, 0.717) is 0 Å². The highest BCUT2D eigenvalue weighted by molar-refractivity contribution is 7.07. The van der Waals surface area contributed by atoms with Gasteiger partial charge in [0.25, 0.3) is 0 Å². The SMILES string of the molecule is COC1(C(N)CCc2ccsc2)CCC1. The summed E-state index contributed by atoms with van der Waals surface area (Å²) < 4.78 is 5.58. The number of hydrogen-bond donors (Lipinski definition) is 1. The van der Waals surface area contributed by atoms with Gasteiger partial charge in [-0.3, -0.25) is 0 Å². The standard InChI is InChI=1S/C12H19NOS/c1-14-12(6-2-7-12)11(13)4-3-10-5-8-15-9-10/h5,8-9,11H,2-4,6-7,13H2,1H3. The molecule has 2 N–H and O–H groups in total. The predicted molar refractivity (Wildman–Crippen MR) is 64.2 cm³/mol. The van der Waals surface area contributed by atoms with E-state index in [0.717, 1.165) is 25.7 Å². The van der Waals surface area contributed by atoms with Gasteiger partial charge in [-0.05, 0) is 54.5 Å². The maximum atomic E-state index is 6.22. The third-order valence-electron chi connectivity index (χ3n) is 3.61. The van der Waals surface area contributed by atoms with Crippen LogP contribution in [-0.4, -0.2) is 18.8 Å². The summed E-state index contributed by atoms with van der Waals surface area (Å²) in [5, 5.41) is 4.32. The zero-order chi connectivity index (χ0) is 10.7. The van der Waals surface area contributed by atoms with Gasteiger partial charge in [0, 0.05) is 13.2 Å². The van der Waals surface area contributed by atoms with Crippen molar-refractivity contribution >= 4 is 11.3 Å². The van der Waals surface area contributed by atoms with Gasteiger partial charge >= 0.3 is 0 Å². The summed E-state index contributed by atoms with van der Waals surface area (Å²) in [7, 11) is 1.80. The van der Waals surface area contributed by atoms with Crippen molar-refractivity contribution in [3.8, 4) is 0 Å². The lowest BCUT2D eigenvalue weighted by atomic mass is 9.73. The Bertz CT molecular complexity index is 287. The van der Waals surface area contributed by atoms with E-state index in [4.69, 9.17) is 10.5 Å². The second-order valence-electron chi connectivity index (χ2n) is 4.40. The maximum absolute atomic E-state index is 6.22. The molecule has 1 aromatic heterocycles. The Kier molecular flexibility index (Phi) is 3.44. The number of methoxy groups -OCH3 is 1. The van der Waals surface area contributed by atoms with Crippen molar-refractivity contribution in [3.05, 3.63) is 22.4 Å². The molecular formula is C12H19NOS. The zero-order valence-electron chi connectivity index (χ0n) is 9.24. The number of aryl methyl sites for hydroxylation is 1. The molecule has 2 rings (SSSR count). The van der Waals surface area contributed by atoms with E-state index < -0.39 is 0 Å². The lowest BCUT2D eigenvalue weighted by molar-refractivity contribution is -0.0912. The maximum Gasteiger partial charge on any atom is 0.0829 e. The van der Waals surface area contributed by atoms with Crippen molar-refractivity contribution in [1.29, 1.82) is 0 Å². The Hall–Kier alpha value is -0.380. The van der Waals surface area contributed by atoms with Gasteiger partial charge in [-0.15, -0.1) is 0 Å². The molecule has 2 nitrogen and oxygen atoms in total. The van der Waals surface area contributed by atoms with Crippen LogP contribution in [0.15, 0.2) is 16.8 Å². The summed E-state index contributed by atoms with van der Waals surface area (Å²) in [6.45, 7) is 0. The summed E-state index contributed by atoms with van der Waals surface area (Å²) >= 11 is 1.75. The number of hydrogen-bond acceptors (Lipinski definition) is 3. The van der Waals surface area contributed by atoms with Crippen molar-refractivity contribution < 1.29 is 4.74 Å². The van der Waals surface area contributed by atoms with E-state index in [9.17, 15) is 0 Å². The molecule has 3 heteroatoms. The summed E-state index contributed by atoms with van der Waals surface area (Å²) in [5.74, 6) is 0. The lowest BCUT2D eigenvalue weighted by Gasteiger charge is -2.45. The molecule has 1 fully saturated rings. The molecule has 0 radical (unpaired) electrons. The highest BCUT2D eigenvalue weighted by Gasteiger charge is 2.42. The minimum atomic E-state index is -0.00395.